The van der Waals surface area contributed by atoms with Crippen molar-refractivity contribution in [2.24, 2.45) is 0 Å². The summed E-state index contributed by atoms with van der Waals surface area (Å²) in [7, 11) is 0. The molecule has 0 aliphatic rings. The molecule has 6 heteroatoms. The number of hydrogen-bond donors (Lipinski definition) is 2. The highest BCUT2D eigenvalue weighted by atomic mass is 35.5. The topological polar surface area (TPSA) is 54.0 Å². The second-order valence-electron chi connectivity index (χ2n) is 5.92. The smallest absolute Gasteiger partial charge is 0.251 e. The average molecular weight is 372 g/mol. The highest BCUT2D eigenvalue weighted by Crippen LogP contribution is 2.24. The Kier molecular flexibility index (Phi) is 6.02. The van der Waals surface area contributed by atoms with E-state index in [0.717, 1.165) is 36.0 Å². The van der Waals surface area contributed by atoms with Crippen LogP contribution in [0, 0.1) is 5.82 Å². The van der Waals surface area contributed by atoms with Crippen molar-refractivity contribution in [3.8, 4) is 0 Å². The van der Waals surface area contributed by atoms with Crippen molar-refractivity contribution >= 4 is 34.1 Å². The molecule has 1 heterocycles. The number of amides is 1. The van der Waals surface area contributed by atoms with Gasteiger partial charge in [-0.25, -0.2) is 4.39 Å². The van der Waals surface area contributed by atoms with Crippen LogP contribution in [0.1, 0.15) is 23.2 Å². The minimum atomic E-state index is -0.349. The van der Waals surface area contributed by atoms with Crippen molar-refractivity contribution in [1.82, 2.24) is 10.3 Å². The zero-order chi connectivity index (χ0) is 18.4. The van der Waals surface area contributed by atoms with Crippen molar-refractivity contribution in [3.63, 3.8) is 0 Å². The number of pyridine rings is 1. The summed E-state index contributed by atoms with van der Waals surface area (Å²) < 4.78 is 12.8. The van der Waals surface area contributed by atoms with Gasteiger partial charge in [0.2, 0.25) is 0 Å². The molecule has 0 fully saturated rings. The van der Waals surface area contributed by atoms with Crippen LogP contribution in [0.2, 0.25) is 5.02 Å². The van der Waals surface area contributed by atoms with Gasteiger partial charge in [0.15, 0.2) is 0 Å². The number of anilines is 1. The van der Waals surface area contributed by atoms with Crippen molar-refractivity contribution in [1.29, 1.82) is 0 Å². The third-order valence-electron chi connectivity index (χ3n) is 4.02. The molecule has 0 aliphatic carbocycles. The number of nitrogens with one attached hydrogen (secondary N) is 2. The van der Waals surface area contributed by atoms with Gasteiger partial charge in [0.05, 0.1) is 5.52 Å². The van der Waals surface area contributed by atoms with Crippen LogP contribution in [-0.4, -0.2) is 24.0 Å². The van der Waals surface area contributed by atoms with E-state index < -0.39 is 0 Å². The number of aromatic nitrogens is 1. The van der Waals surface area contributed by atoms with Crippen LogP contribution < -0.4 is 10.6 Å². The first-order valence-electron chi connectivity index (χ1n) is 8.45. The van der Waals surface area contributed by atoms with Gasteiger partial charge in [-0.05, 0) is 61.4 Å². The van der Waals surface area contributed by atoms with E-state index in [1.807, 2.05) is 24.3 Å². The van der Waals surface area contributed by atoms with Crippen molar-refractivity contribution in [2.75, 3.05) is 18.4 Å². The summed E-state index contributed by atoms with van der Waals surface area (Å²) in [6.07, 6.45) is 3.50. The Hall–Kier alpha value is -2.66. The van der Waals surface area contributed by atoms with Crippen LogP contribution in [0.25, 0.3) is 10.9 Å². The van der Waals surface area contributed by atoms with Crippen LogP contribution in [0.15, 0.2) is 54.7 Å². The molecule has 134 valence electrons. The number of rotatable bonds is 7. The lowest BCUT2D eigenvalue weighted by Gasteiger charge is -2.10. The molecule has 0 saturated carbocycles. The molecular formula is C20H19ClFN3O. The van der Waals surface area contributed by atoms with E-state index in [-0.39, 0.29) is 11.7 Å². The lowest BCUT2D eigenvalue weighted by molar-refractivity contribution is 0.0953. The third kappa shape index (κ3) is 4.70. The molecule has 1 aromatic heterocycles. The summed E-state index contributed by atoms with van der Waals surface area (Å²) in [5.74, 6) is -0.534. The lowest BCUT2D eigenvalue weighted by atomic mass is 10.2. The molecule has 2 N–H and O–H groups in total. The van der Waals surface area contributed by atoms with E-state index in [4.69, 9.17) is 11.6 Å². The zero-order valence-electron chi connectivity index (χ0n) is 14.1. The van der Waals surface area contributed by atoms with E-state index in [1.165, 1.54) is 24.3 Å². The number of benzene rings is 2. The molecule has 0 unspecified atom stereocenters. The SMILES string of the molecule is O=C(NCCCCNc1ccnc2cc(Cl)ccc12)c1ccc(F)cc1. The van der Waals surface area contributed by atoms with Gasteiger partial charge in [0.25, 0.3) is 5.91 Å². The lowest BCUT2D eigenvalue weighted by Crippen LogP contribution is -2.24. The second-order valence-corrected chi connectivity index (χ2v) is 6.35. The average Bonchev–Trinajstić information content (AvgIpc) is 2.64. The maximum Gasteiger partial charge on any atom is 0.251 e. The molecule has 1 amide bonds. The normalized spacial score (nSPS) is 10.7. The van der Waals surface area contributed by atoms with Gasteiger partial charge in [-0.15, -0.1) is 0 Å². The minimum Gasteiger partial charge on any atom is -0.384 e. The van der Waals surface area contributed by atoms with Crippen LogP contribution in [0.3, 0.4) is 0 Å². The number of carbonyl (C=O) groups is 1. The highest BCUT2D eigenvalue weighted by molar-refractivity contribution is 6.31. The molecule has 0 radical (unpaired) electrons. The quantitative estimate of drug-likeness (QED) is 0.594. The Bertz CT molecular complexity index is 899. The van der Waals surface area contributed by atoms with E-state index in [9.17, 15) is 9.18 Å². The summed E-state index contributed by atoms with van der Waals surface area (Å²) >= 11 is 6.00. The molecule has 0 spiro atoms. The number of nitrogens with zero attached hydrogens (tertiary/aromatic N) is 1. The molecule has 0 atom stereocenters. The molecule has 2 aromatic carbocycles. The molecule has 3 aromatic rings. The monoisotopic (exact) mass is 371 g/mol. The molecular weight excluding hydrogens is 353 g/mol. The molecule has 3 rings (SSSR count). The zero-order valence-corrected chi connectivity index (χ0v) is 14.9. The van der Waals surface area contributed by atoms with Gasteiger partial charge in [-0.3, -0.25) is 9.78 Å². The largest absolute Gasteiger partial charge is 0.384 e. The van der Waals surface area contributed by atoms with E-state index in [2.05, 4.69) is 15.6 Å². The Morgan fingerprint density at radius 2 is 1.81 bits per heavy atom. The third-order valence-corrected chi connectivity index (χ3v) is 4.25. The molecule has 0 aliphatic heterocycles. The Morgan fingerprint density at radius 1 is 1.04 bits per heavy atom. The first-order valence-corrected chi connectivity index (χ1v) is 8.83. The Morgan fingerprint density at radius 3 is 2.62 bits per heavy atom. The number of unbranched alkanes of at least 4 members (excludes halogenated alkanes) is 1. The Labute approximate surface area is 156 Å². The maximum absolute atomic E-state index is 12.8. The fraction of sp³-hybridized carbons (Fsp3) is 0.200. The molecule has 4 nitrogen and oxygen atoms in total. The number of fused-ring (bicyclic) bond motifs is 1. The van der Waals surface area contributed by atoms with Crippen LogP contribution >= 0.6 is 11.6 Å². The van der Waals surface area contributed by atoms with Gasteiger partial charge >= 0.3 is 0 Å². The van der Waals surface area contributed by atoms with Gasteiger partial charge in [0, 0.05) is 40.9 Å². The molecule has 0 bridgehead atoms. The number of carbonyl (C=O) groups excluding carboxylic acids is 1. The van der Waals surface area contributed by atoms with E-state index in [1.54, 1.807) is 6.20 Å². The number of hydrogen-bond acceptors (Lipinski definition) is 3. The summed E-state index contributed by atoms with van der Waals surface area (Å²) in [6, 6.07) is 13.1. The first-order chi connectivity index (χ1) is 12.6. The van der Waals surface area contributed by atoms with Crippen molar-refractivity contribution in [3.05, 3.63) is 71.1 Å². The number of halogens is 2. The first kappa shape index (κ1) is 18.1. The predicted molar refractivity (Wildman–Crippen MR) is 103 cm³/mol. The standard InChI is InChI=1S/C20H19ClFN3O/c21-15-5-8-17-18(9-12-24-19(17)13-15)23-10-1-2-11-25-20(26)14-3-6-16(22)7-4-14/h3-9,12-13H,1-2,10-11H2,(H,23,24)(H,25,26). The Balaban J connectivity index is 1.42. The highest BCUT2D eigenvalue weighted by Gasteiger charge is 2.05. The van der Waals surface area contributed by atoms with Gasteiger partial charge in [-0.2, -0.15) is 0 Å². The predicted octanol–water partition coefficient (Wildman–Crippen LogP) is 4.65. The summed E-state index contributed by atoms with van der Waals surface area (Å²) in [6.45, 7) is 1.36. The van der Waals surface area contributed by atoms with Crippen LogP contribution in [-0.2, 0) is 0 Å². The molecule has 26 heavy (non-hydrogen) atoms. The van der Waals surface area contributed by atoms with E-state index in [0.29, 0.717) is 17.1 Å². The van der Waals surface area contributed by atoms with Crippen LogP contribution in [0.5, 0.6) is 0 Å². The second kappa shape index (κ2) is 8.63. The van der Waals surface area contributed by atoms with Gasteiger partial charge in [-0.1, -0.05) is 11.6 Å². The van der Waals surface area contributed by atoms with E-state index >= 15 is 0 Å². The maximum atomic E-state index is 12.8. The fourth-order valence-corrected chi connectivity index (χ4v) is 2.82. The van der Waals surface area contributed by atoms with Crippen LogP contribution in [0.4, 0.5) is 10.1 Å². The fourth-order valence-electron chi connectivity index (χ4n) is 2.65. The van der Waals surface area contributed by atoms with Gasteiger partial charge < -0.3 is 10.6 Å². The summed E-state index contributed by atoms with van der Waals surface area (Å²) in [4.78, 5) is 16.2. The van der Waals surface area contributed by atoms with Gasteiger partial charge in [0.1, 0.15) is 5.82 Å². The van der Waals surface area contributed by atoms with Crippen molar-refractivity contribution in [2.45, 2.75) is 12.8 Å². The molecule has 0 saturated heterocycles. The summed E-state index contributed by atoms with van der Waals surface area (Å²) in [5, 5.41) is 7.93. The van der Waals surface area contributed by atoms with Crippen molar-refractivity contribution < 1.29 is 9.18 Å². The summed E-state index contributed by atoms with van der Waals surface area (Å²) in [5.41, 5.74) is 2.34. The minimum absolute atomic E-state index is 0.185.